The molecule has 0 radical (unpaired) electrons. The summed E-state index contributed by atoms with van der Waals surface area (Å²) in [5.41, 5.74) is 0. The van der Waals surface area contributed by atoms with E-state index in [1.54, 1.807) is 0 Å². The lowest BCUT2D eigenvalue weighted by Crippen LogP contribution is -2.42. The third-order valence-corrected chi connectivity index (χ3v) is 3.84. The molecule has 0 bridgehead atoms. The van der Waals surface area contributed by atoms with E-state index in [4.69, 9.17) is 10.2 Å². The van der Waals surface area contributed by atoms with E-state index in [9.17, 15) is 24.0 Å². The van der Waals surface area contributed by atoms with Crippen LogP contribution in [0.3, 0.4) is 0 Å². The fraction of sp³-hybridized carbons (Fsp3) is 0.643. The van der Waals surface area contributed by atoms with Gasteiger partial charge < -0.3 is 20.8 Å². The highest BCUT2D eigenvalue weighted by Crippen LogP contribution is 2.02. The number of hydrogen-bond donors (Lipinski definition) is 4. The van der Waals surface area contributed by atoms with Crippen LogP contribution in [-0.4, -0.2) is 63.8 Å². The zero-order chi connectivity index (χ0) is 18.5. The lowest BCUT2D eigenvalue weighted by Gasteiger charge is -2.13. The molecule has 0 aromatic heterocycles. The van der Waals surface area contributed by atoms with E-state index in [1.807, 2.05) is 0 Å². The second kappa shape index (κ2) is 12.3. The van der Waals surface area contributed by atoms with Crippen LogP contribution < -0.4 is 10.6 Å². The van der Waals surface area contributed by atoms with Crippen molar-refractivity contribution in [1.82, 2.24) is 10.6 Å². The van der Waals surface area contributed by atoms with Crippen LogP contribution >= 0.6 is 11.8 Å². The minimum atomic E-state index is -1.31. The van der Waals surface area contributed by atoms with E-state index in [-0.39, 0.29) is 43.9 Å². The predicted molar refractivity (Wildman–Crippen MR) is 86.7 cm³/mol. The van der Waals surface area contributed by atoms with Crippen molar-refractivity contribution in [1.29, 1.82) is 0 Å². The molecule has 0 rings (SSSR count). The largest absolute Gasteiger partial charge is 0.481 e. The predicted octanol–water partition coefficient (Wildman–Crippen LogP) is -0.361. The number of carboxylic acid groups (broad SMARTS) is 2. The highest BCUT2D eigenvalue weighted by molar-refractivity contribution is 7.99. The van der Waals surface area contributed by atoms with Crippen molar-refractivity contribution in [3.63, 3.8) is 0 Å². The molecule has 0 aliphatic rings. The van der Waals surface area contributed by atoms with Crippen LogP contribution in [-0.2, 0) is 24.0 Å². The van der Waals surface area contributed by atoms with Gasteiger partial charge in [-0.3, -0.25) is 19.2 Å². The maximum atomic E-state index is 11.6. The van der Waals surface area contributed by atoms with Crippen LogP contribution in [0.5, 0.6) is 0 Å². The van der Waals surface area contributed by atoms with Crippen molar-refractivity contribution in [3.8, 4) is 0 Å². The van der Waals surface area contributed by atoms with Crippen LogP contribution in [0.1, 0.15) is 32.6 Å². The van der Waals surface area contributed by atoms with Crippen molar-refractivity contribution in [2.45, 2.75) is 38.6 Å². The summed E-state index contributed by atoms with van der Waals surface area (Å²) >= 11 is 1.35. The number of aliphatic carboxylic acids is 2. The Morgan fingerprint density at radius 2 is 1.67 bits per heavy atom. The summed E-state index contributed by atoms with van der Waals surface area (Å²) in [6, 6.07) is -1.27. The van der Waals surface area contributed by atoms with E-state index in [0.29, 0.717) is 11.5 Å². The first-order valence-corrected chi connectivity index (χ1v) is 8.45. The van der Waals surface area contributed by atoms with E-state index < -0.39 is 23.9 Å². The number of carbonyl (C=O) groups is 5. The van der Waals surface area contributed by atoms with Gasteiger partial charge in [-0.1, -0.05) is 0 Å². The van der Waals surface area contributed by atoms with E-state index >= 15 is 0 Å². The Kier molecular flexibility index (Phi) is 11.3. The van der Waals surface area contributed by atoms with Crippen LogP contribution in [0.4, 0.5) is 0 Å². The number of nitrogens with one attached hydrogen (secondary N) is 2. The minimum Gasteiger partial charge on any atom is -0.481 e. The summed E-state index contributed by atoms with van der Waals surface area (Å²) in [6.45, 7) is 1.51. The highest BCUT2D eigenvalue weighted by Gasteiger charge is 2.20. The van der Waals surface area contributed by atoms with Gasteiger partial charge in [0.2, 0.25) is 11.8 Å². The second-order valence-electron chi connectivity index (χ2n) is 5.00. The molecular formula is C14H22N2O7S. The molecule has 9 nitrogen and oxygen atoms in total. The Labute approximate surface area is 143 Å². The Morgan fingerprint density at radius 1 is 1.00 bits per heavy atom. The van der Waals surface area contributed by atoms with Gasteiger partial charge in [0.15, 0.2) is 0 Å². The van der Waals surface area contributed by atoms with Crippen molar-refractivity contribution in [2.75, 3.05) is 18.1 Å². The molecule has 0 saturated carbocycles. The minimum absolute atomic E-state index is 0.0351. The number of thioether (sulfide) groups is 1. The molecule has 2 amide bonds. The smallest absolute Gasteiger partial charge is 0.326 e. The van der Waals surface area contributed by atoms with Gasteiger partial charge in [-0.25, -0.2) is 4.79 Å². The van der Waals surface area contributed by atoms with Gasteiger partial charge in [-0.15, -0.1) is 0 Å². The SMILES string of the molecule is CC(=O)CSCCC(=O)NCCC(=O)NC(CCC(=O)O)C(=O)O. The van der Waals surface area contributed by atoms with E-state index in [0.717, 1.165) is 0 Å². The monoisotopic (exact) mass is 362 g/mol. The molecule has 0 aliphatic carbocycles. The van der Waals surface area contributed by atoms with Gasteiger partial charge in [0, 0.05) is 31.6 Å². The Hall–Kier alpha value is -2.10. The standard InChI is InChI=1S/C14H22N2O7S/c1-9(17)8-24-7-5-11(18)15-6-4-12(19)16-10(14(22)23)2-3-13(20)21/h10H,2-8H2,1H3,(H,15,18)(H,16,19)(H,20,21)(H,22,23). The third kappa shape index (κ3) is 12.4. The van der Waals surface area contributed by atoms with Crippen molar-refractivity contribution < 1.29 is 34.2 Å². The fourth-order valence-electron chi connectivity index (χ4n) is 1.58. The Balaban J connectivity index is 3.94. The van der Waals surface area contributed by atoms with Crippen LogP contribution in [0.15, 0.2) is 0 Å². The van der Waals surface area contributed by atoms with E-state index in [1.165, 1.54) is 18.7 Å². The summed E-state index contributed by atoms with van der Waals surface area (Å²) in [4.78, 5) is 55.1. The summed E-state index contributed by atoms with van der Waals surface area (Å²) in [6.07, 6.45) is -0.471. The summed E-state index contributed by atoms with van der Waals surface area (Å²) in [5, 5.41) is 22.2. The number of amides is 2. The molecule has 1 atom stereocenters. The normalized spacial score (nSPS) is 11.4. The van der Waals surface area contributed by atoms with Gasteiger partial charge in [0.25, 0.3) is 0 Å². The number of Topliss-reactive ketones (excluding diaryl/α,β-unsaturated/α-hetero) is 1. The average molecular weight is 362 g/mol. The first kappa shape index (κ1) is 21.9. The van der Waals surface area contributed by atoms with Gasteiger partial charge >= 0.3 is 11.9 Å². The lowest BCUT2D eigenvalue weighted by molar-refractivity contribution is -0.143. The zero-order valence-corrected chi connectivity index (χ0v) is 14.2. The lowest BCUT2D eigenvalue weighted by atomic mass is 10.1. The van der Waals surface area contributed by atoms with Gasteiger partial charge in [-0.2, -0.15) is 11.8 Å². The van der Waals surface area contributed by atoms with Gasteiger partial charge in [0.1, 0.15) is 11.8 Å². The first-order valence-electron chi connectivity index (χ1n) is 7.30. The summed E-state index contributed by atoms with van der Waals surface area (Å²) in [7, 11) is 0. The summed E-state index contributed by atoms with van der Waals surface area (Å²) < 4.78 is 0. The topological polar surface area (TPSA) is 150 Å². The fourth-order valence-corrected chi connectivity index (χ4v) is 2.34. The molecule has 0 aromatic carbocycles. The number of ketones is 1. The van der Waals surface area contributed by atoms with Gasteiger partial charge in [-0.05, 0) is 13.3 Å². The molecule has 10 heteroatoms. The average Bonchev–Trinajstić information content (AvgIpc) is 2.47. The molecule has 24 heavy (non-hydrogen) atoms. The zero-order valence-electron chi connectivity index (χ0n) is 13.4. The van der Waals surface area contributed by atoms with Crippen LogP contribution in [0.25, 0.3) is 0 Å². The molecule has 0 aromatic rings. The molecule has 0 aliphatic heterocycles. The number of carbonyl (C=O) groups excluding carboxylic acids is 3. The number of carboxylic acids is 2. The second-order valence-corrected chi connectivity index (χ2v) is 6.10. The maximum absolute atomic E-state index is 11.6. The molecule has 4 N–H and O–H groups in total. The van der Waals surface area contributed by atoms with Crippen molar-refractivity contribution >= 4 is 41.3 Å². The first-order chi connectivity index (χ1) is 11.2. The molecule has 0 spiro atoms. The molecule has 0 heterocycles. The van der Waals surface area contributed by atoms with Crippen molar-refractivity contribution in [2.24, 2.45) is 0 Å². The number of hydrogen-bond acceptors (Lipinski definition) is 6. The maximum Gasteiger partial charge on any atom is 0.326 e. The Morgan fingerprint density at radius 3 is 2.21 bits per heavy atom. The quantitative estimate of drug-likeness (QED) is 0.324. The van der Waals surface area contributed by atoms with E-state index in [2.05, 4.69) is 10.6 Å². The molecule has 1 unspecified atom stereocenters. The molecule has 136 valence electrons. The van der Waals surface area contributed by atoms with Crippen LogP contribution in [0, 0.1) is 0 Å². The van der Waals surface area contributed by atoms with Crippen LogP contribution in [0.2, 0.25) is 0 Å². The molecule has 0 fully saturated rings. The Bertz CT molecular complexity index is 482. The third-order valence-electron chi connectivity index (χ3n) is 2.73. The van der Waals surface area contributed by atoms with Gasteiger partial charge in [0.05, 0.1) is 5.75 Å². The highest BCUT2D eigenvalue weighted by atomic mass is 32.2. The summed E-state index contributed by atoms with van der Waals surface area (Å²) in [5.74, 6) is -2.43. The van der Waals surface area contributed by atoms with Crippen molar-refractivity contribution in [3.05, 3.63) is 0 Å². The molecular weight excluding hydrogens is 340 g/mol. The molecule has 0 saturated heterocycles. The number of rotatable bonds is 13.